The summed E-state index contributed by atoms with van der Waals surface area (Å²) in [6, 6.07) is 0.378. The molecule has 1 unspecified atom stereocenters. The van der Waals surface area contributed by atoms with E-state index in [2.05, 4.69) is 11.9 Å². The monoisotopic (exact) mass is 238 g/mol. The fourth-order valence-electron chi connectivity index (χ4n) is 2.26. The summed E-state index contributed by atoms with van der Waals surface area (Å²) in [6.07, 6.45) is 3.50. The molecule has 1 saturated heterocycles. The minimum absolute atomic E-state index is 0.176. The Balaban J connectivity index is 2.21. The molecule has 1 aromatic rings. The minimum atomic E-state index is 0.176. The molecule has 1 aliphatic heterocycles. The van der Waals surface area contributed by atoms with Crippen LogP contribution in [0.4, 0.5) is 0 Å². The molecule has 1 amide bonds. The average Bonchev–Trinajstić information content (AvgIpc) is 2.58. The fraction of sp³-hybridized carbons (Fsp3) is 0.667. The van der Waals surface area contributed by atoms with Crippen molar-refractivity contribution in [3.05, 3.63) is 15.6 Å². The number of carbonyl (C=O) groups excluding carboxylic acids is 1. The molecule has 1 aliphatic rings. The topological polar surface area (TPSA) is 33.2 Å². The zero-order valence-corrected chi connectivity index (χ0v) is 10.9. The van der Waals surface area contributed by atoms with Crippen LogP contribution in [0.1, 0.15) is 46.6 Å². The van der Waals surface area contributed by atoms with Crippen LogP contribution in [0.3, 0.4) is 0 Å². The Bertz CT molecular complexity index is 400. The Labute approximate surface area is 100 Å². The summed E-state index contributed by atoms with van der Waals surface area (Å²) >= 11 is 1.52. The third kappa shape index (κ3) is 2.12. The van der Waals surface area contributed by atoms with Crippen LogP contribution in [0.2, 0.25) is 0 Å². The molecule has 0 saturated carbocycles. The number of rotatable bonds is 1. The SMILES string of the molecule is Cc1nc(C)c(C(=O)N2CCCCC2C)s1. The number of amides is 1. The van der Waals surface area contributed by atoms with Gasteiger partial charge in [0.15, 0.2) is 0 Å². The van der Waals surface area contributed by atoms with Crippen LogP contribution in [0.25, 0.3) is 0 Å². The molecule has 4 heteroatoms. The number of aryl methyl sites for hydroxylation is 2. The number of carbonyl (C=O) groups is 1. The highest BCUT2D eigenvalue weighted by Crippen LogP contribution is 2.24. The summed E-state index contributed by atoms with van der Waals surface area (Å²) in [5, 5.41) is 0.977. The molecule has 1 aromatic heterocycles. The van der Waals surface area contributed by atoms with Gasteiger partial charge < -0.3 is 4.90 Å². The minimum Gasteiger partial charge on any atom is -0.335 e. The Hall–Kier alpha value is -0.900. The molecule has 0 bridgehead atoms. The van der Waals surface area contributed by atoms with E-state index < -0.39 is 0 Å². The molecule has 0 aromatic carbocycles. The molecular weight excluding hydrogens is 220 g/mol. The van der Waals surface area contributed by atoms with Crippen LogP contribution >= 0.6 is 11.3 Å². The van der Waals surface area contributed by atoms with Gasteiger partial charge in [-0.05, 0) is 40.0 Å². The van der Waals surface area contributed by atoms with E-state index in [-0.39, 0.29) is 5.91 Å². The summed E-state index contributed by atoms with van der Waals surface area (Å²) in [5.74, 6) is 0.176. The van der Waals surface area contributed by atoms with E-state index in [0.29, 0.717) is 6.04 Å². The first kappa shape index (κ1) is 11.6. The lowest BCUT2D eigenvalue weighted by Gasteiger charge is -2.33. The molecule has 16 heavy (non-hydrogen) atoms. The molecule has 0 N–H and O–H groups in total. The van der Waals surface area contributed by atoms with Gasteiger partial charge in [-0.3, -0.25) is 4.79 Å². The van der Waals surface area contributed by atoms with E-state index in [9.17, 15) is 4.79 Å². The average molecular weight is 238 g/mol. The predicted molar refractivity (Wildman–Crippen MR) is 65.9 cm³/mol. The van der Waals surface area contributed by atoms with Crippen LogP contribution < -0.4 is 0 Å². The molecule has 2 rings (SSSR count). The molecule has 2 heterocycles. The Morgan fingerprint density at radius 1 is 1.44 bits per heavy atom. The molecular formula is C12H18N2OS. The van der Waals surface area contributed by atoms with Gasteiger partial charge in [0.2, 0.25) is 0 Å². The number of hydrogen-bond acceptors (Lipinski definition) is 3. The van der Waals surface area contributed by atoms with Crippen LogP contribution in [-0.4, -0.2) is 28.4 Å². The van der Waals surface area contributed by atoms with E-state index in [1.807, 2.05) is 18.7 Å². The Morgan fingerprint density at radius 3 is 2.75 bits per heavy atom. The van der Waals surface area contributed by atoms with Crippen molar-refractivity contribution in [3.63, 3.8) is 0 Å². The van der Waals surface area contributed by atoms with Gasteiger partial charge >= 0.3 is 0 Å². The number of piperidine rings is 1. The van der Waals surface area contributed by atoms with Crippen molar-refractivity contribution in [1.82, 2.24) is 9.88 Å². The van der Waals surface area contributed by atoms with Gasteiger partial charge in [-0.25, -0.2) is 4.98 Å². The van der Waals surface area contributed by atoms with Crippen molar-refractivity contribution in [3.8, 4) is 0 Å². The number of aromatic nitrogens is 1. The molecule has 0 spiro atoms. The van der Waals surface area contributed by atoms with Crippen LogP contribution in [0, 0.1) is 13.8 Å². The van der Waals surface area contributed by atoms with E-state index in [4.69, 9.17) is 0 Å². The van der Waals surface area contributed by atoms with Crippen molar-refractivity contribution in [2.24, 2.45) is 0 Å². The van der Waals surface area contributed by atoms with Crippen molar-refractivity contribution >= 4 is 17.2 Å². The maximum atomic E-state index is 12.3. The standard InChI is InChI=1S/C12H18N2OS/c1-8-6-4-5-7-14(8)12(15)11-9(2)13-10(3)16-11/h8H,4-7H2,1-3H3. The highest BCUT2D eigenvalue weighted by atomic mass is 32.1. The van der Waals surface area contributed by atoms with E-state index >= 15 is 0 Å². The highest BCUT2D eigenvalue weighted by molar-refractivity contribution is 7.13. The van der Waals surface area contributed by atoms with Gasteiger partial charge in [-0.2, -0.15) is 0 Å². The lowest BCUT2D eigenvalue weighted by Crippen LogP contribution is -2.41. The normalized spacial score (nSPS) is 21.2. The summed E-state index contributed by atoms with van der Waals surface area (Å²) in [7, 11) is 0. The van der Waals surface area contributed by atoms with Gasteiger partial charge in [0, 0.05) is 12.6 Å². The van der Waals surface area contributed by atoms with Crippen molar-refractivity contribution in [2.75, 3.05) is 6.54 Å². The number of likely N-dealkylation sites (tertiary alicyclic amines) is 1. The van der Waals surface area contributed by atoms with E-state index in [1.165, 1.54) is 17.8 Å². The zero-order chi connectivity index (χ0) is 11.7. The predicted octanol–water partition coefficient (Wildman–Crippen LogP) is 2.77. The maximum absolute atomic E-state index is 12.3. The lowest BCUT2D eigenvalue weighted by molar-refractivity contribution is 0.0639. The second-order valence-corrected chi connectivity index (χ2v) is 5.69. The fourth-order valence-corrected chi connectivity index (χ4v) is 3.14. The maximum Gasteiger partial charge on any atom is 0.266 e. The number of hydrogen-bond donors (Lipinski definition) is 0. The first-order valence-corrected chi connectivity index (χ1v) is 6.66. The third-order valence-electron chi connectivity index (χ3n) is 3.16. The summed E-state index contributed by atoms with van der Waals surface area (Å²) in [5.41, 5.74) is 0.880. The molecule has 1 atom stereocenters. The van der Waals surface area contributed by atoms with Gasteiger partial charge in [0.05, 0.1) is 10.7 Å². The van der Waals surface area contributed by atoms with Crippen molar-refractivity contribution in [2.45, 2.75) is 46.1 Å². The number of thiazole rings is 1. The Morgan fingerprint density at radius 2 is 2.19 bits per heavy atom. The Kier molecular flexibility index (Phi) is 3.28. The lowest BCUT2D eigenvalue weighted by atomic mass is 10.0. The first-order chi connectivity index (χ1) is 7.59. The molecule has 0 aliphatic carbocycles. The quantitative estimate of drug-likeness (QED) is 0.753. The van der Waals surface area contributed by atoms with E-state index in [1.54, 1.807) is 0 Å². The number of nitrogens with zero attached hydrogens (tertiary/aromatic N) is 2. The van der Waals surface area contributed by atoms with Crippen LogP contribution in [0.5, 0.6) is 0 Å². The second-order valence-electron chi connectivity index (χ2n) is 4.49. The summed E-state index contributed by atoms with van der Waals surface area (Å²) in [6.45, 7) is 6.91. The van der Waals surface area contributed by atoms with Crippen LogP contribution in [0.15, 0.2) is 0 Å². The highest BCUT2D eigenvalue weighted by Gasteiger charge is 2.26. The smallest absolute Gasteiger partial charge is 0.266 e. The zero-order valence-electron chi connectivity index (χ0n) is 10.1. The van der Waals surface area contributed by atoms with Crippen molar-refractivity contribution < 1.29 is 4.79 Å². The molecule has 88 valence electrons. The van der Waals surface area contributed by atoms with Gasteiger partial charge in [0.1, 0.15) is 4.88 Å². The molecule has 0 radical (unpaired) electrons. The first-order valence-electron chi connectivity index (χ1n) is 5.84. The van der Waals surface area contributed by atoms with Crippen molar-refractivity contribution in [1.29, 1.82) is 0 Å². The van der Waals surface area contributed by atoms with Gasteiger partial charge in [-0.15, -0.1) is 11.3 Å². The molecule has 1 fully saturated rings. The summed E-state index contributed by atoms with van der Waals surface area (Å²) < 4.78 is 0. The third-order valence-corrected chi connectivity index (χ3v) is 4.22. The second kappa shape index (κ2) is 4.53. The summed E-state index contributed by atoms with van der Waals surface area (Å²) in [4.78, 5) is 19.5. The van der Waals surface area contributed by atoms with Crippen LogP contribution in [-0.2, 0) is 0 Å². The van der Waals surface area contributed by atoms with Gasteiger partial charge in [-0.1, -0.05) is 0 Å². The van der Waals surface area contributed by atoms with E-state index in [0.717, 1.165) is 35.0 Å². The van der Waals surface area contributed by atoms with Gasteiger partial charge in [0.25, 0.3) is 5.91 Å². The molecule has 3 nitrogen and oxygen atoms in total. The largest absolute Gasteiger partial charge is 0.335 e.